The van der Waals surface area contributed by atoms with Crippen LogP contribution in [0.1, 0.15) is 27.8 Å². The molecular formula is C17H13N3O5. The molecule has 0 radical (unpaired) electrons. The molecule has 8 nitrogen and oxygen atoms in total. The molecule has 0 unspecified atom stereocenters. The minimum absolute atomic E-state index is 0.0484. The number of aromatic carboxylic acids is 1. The number of benzene rings is 2. The number of hydrogen-bond acceptors (Lipinski definition) is 5. The van der Waals surface area contributed by atoms with Crippen molar-refractivity contribution in [1.29, 1.82) is 0 Å². The van der Waals surface area contributed by atoms with Gasteiger partial charge in [-0.15, -0.1) is 0 Å². The zero-order chi connectivity index (χ0) is 17.6. The van der Waals surface area contributed by atoms with E-state index in [9.17, 15) is 9.90 Å². The normalized spacial score (nSPS) is 12.8. The first-order valence-electron chi connectivity index (χ1n) is 7.28. The zero-order valence-electron chi connectivity index (χ0n) is 12.9. The molecule has 0 bridgehead atoms. The minimum atomic E-state index is -1.23. The smallest absolute Gasteiger partial charge is 0.336 e. The lowest BCUT2D eigenvalue weighted by Crippen LogP contribution is -2.07. The van der Waals surface area contributed by atoms with E-state index in [-0.39, 0.29) is 17.9 Å². The summed E-state index contributed by atoms with van der Waals surface area (Å²) in [7, 11) is 0. The molecule has 1 heterocycles. The molecule has 1 aliphatic heterocycles. The number of carboxylic acid groups (broad SMARTS) is 1. The number of rotatable bonds is 6. The highest BCUT2D eigenvalue weighted by molar-refractivity contribution is 5.94. The van der Waals surface area contributed by atoms with E-state index < -0.39 is 12.3 Å². The molecule has 0 amide bonds. The van der Waals surface area contributed by atoms with Crippen LogP contribution in [-0.4, -0.2) is 11.1 Å². The van der Waals surface area contributed by atoms with Gasteiger partial charge in [0, 0.05) is 4.91 Å². The lowest BCUT2D eigenvalue weighted by atomic mass is 10.1. The Labute approximate surface area is 142 Å². The van der Waals surface area contributed by atoms with E-state index in [0.29, 0.717) is 11.3 Å². The van der Waals surface area contributed by atoms with Gasteiger partial charge < -0.3 is 19.3 Å². The molecule has 0 aliphatic carbocycles. The molecule has 0 spiro atoms. The average Bonchev–Trinajstić information content (AvgIpc) is 3.15. The van der Waals surface area contributed by atoms with Crippen molar-refractivity contribution < 1.29 is 24.1 Å². The maximum Gasteiger partial charge on any atom is 0.336 e. The zero-order valence-corrected chi connectivity index (χ0v) is 12.9. The molecule has 0 saturated heterocycles. The second-order valence-corrected chi connectivity index (χ2v) is 5.05. The molecule has 8 heteroatoms. The molecule has 0 saturated carbocycles. The van der Waals surface area contributed by atoms with Gasteiger partial charge in [0.25, 0.3) is 6.29 Å². The summed E-state index contributed by atoms with van der Waals surface area (Å²) in [6, 6.07) is 12.1. The largest absolute Gasteiger partial charge is 0.488 e. The van der Waals surface area contributed by atoms with E-state index in [0.717, 1.165) is 5.56 Å². The Balaban J connectivity index is 1.99. The van der Waals surface area contributed by atoms with Crippen LogP contribution in [-0.2, 0) is 16.1 Å². The Bertz CT molecular complexity index is 852. The van der Waals surface area contributed by atoms with E-state index in [2.05, 4.69) is 10.0 Å². The summed E-state index contributed by atoms with van der Waals surface area (Å²) in [6.07, 6.45) is 1.88. The molecule has 0 atom stereocenters. The Kier molecular flexibility index (Phi) is 4.73. The quantitative estimate of drug-likeness (QED) is 0.475. The van der Waals surface area contributed by atoms with Crippen molar-refractivity contribution in [2.24, 2.45) is 5.11 Å². The highest BCUT2D eigenvalue weighted by Crippen LogP contribution is 2.37. The van der Waals surface area contributed by atoms with Crippen LogP contribution in [0, 0.1) is 0 Å². The summed E-state index contributed by atoms with van der Waals surface area (Å²) in [5.41, 5.74) is 9.76. The third-order valence-electron chi connectivity index (χ3n) is 3.46. The molecule has 1 N–H and O–H groups in total. The van der Waals surface area contributed by atoms with Crippen LogP contribution in [0.3, 0.4) is 0 Å². The molecule has 0 fully saturated rings. The second-order valence-electron chi connectivity index (χ2n) is 5.05. The van der Waals surface area contributed by atoms with Gasteiger partial charge >= 0.3 is 5.97 Å². The number of azide groups is 1. The topological polar surface area (TPSA) is 114 Å². The fourth-order valence-electron chi connectivity index (χ4n) is 2.32. The van der Waals surface area contributed by atoms with Gasteiger partial charge in [0.1, 0.15) is 24.9 Å². The number of carbonyl (C=O) groups is 1. The third kappa shape index (κ3) is 3.65. The second kappa shape index (κ2) is 7.29. The Morgan fingerprint density at radius 3 is 2.60 bits per heavy atom. The maximum atomic E-state index is 11.4. The van der Waals surface area contributed by atoms with Crippen molar-refractivity contribution in [2.45, 2.75) is 12.9 Å². The monoisotopic (exact) mass is 339 g/mol. The number of carboxylic acids is 1. The summed E-state index contributed by atoms with van der Waals surface area (Å²) in [5.74, 6) is -0.922. The van der Waals surface area contributed by atoms with Crippen molar-refractivity contribution >= 4 is 11.7 Å². The molecular weight excluding hydrogens is 326 g/mol. The highest BCUT2D eigenvalue weighted by atomic mass is 16.7. The number of ether oxygens (including phenoxy) is 3. The van der Waals surface area contributed by atoms with Crippen LogP contribution < -0.4 is 4.74 Å². The van der Waals surface area contributed by atoms with Crippen molar-refractivity contribution in [3.8, 4) is 5.75 Å². The van der Waals surface area contributed by atoms with Crippen LogP contribution in [0.15, 0.2) is 60.1 Å². The van der Waals surface area contributed by atoms with E-state index in [4.69, 9.17) is 19.7 Å². The predicted molar refractivity (Wildman–Crippen MR) is 87.0 cm³/mol. The predicted octanol–water partition coefficient (Wildman–Crippen LogP) is 4.42. The summed E-state index contributed by atoms with van der Waals surface area (Å²) >= 11 is 0. The fraction of sp³-hybridized carbons (Fsp3) is 0.118. The van der Waals surface area contributed by atoms with Crippen LogP contribution >= 0.6 is 0 Å². The summed E-state index contributed by atoms with van der Waals surface area (Å²) in [6.45, 7) is 0.246. The van der Waals surface area contributed by atoms with E-state index in [1.807, 2.05) is 30.3 Å². The minimum Gasteiger partial charge on any atom is -0.488 e. The highest BCUT2D eigenvalue weighted by Gasteiger charge is 2.24. The van der Waals surface area contributed by atoms with E-state index in [1.54, 1.807) is 0 Å². The summed E-state index contributed by atoms with van der Waals surface area (Å²) in [4.78, 5) is 14.1. The van der Waals surface area contributed by atoms with E-state index >= 15 is 0 Å². The summed E-state index contributed by atoms with van der Waals surface area (Å²) < 4.78 is 16.4. The van der Waals surface area contributed by atoms with E-state index in [1.165, 1.54) is 24.7 Å². The van der Waals surface area contributed by atoms with Gasteiger partial charge in [0.2, 0.25) is 0 Å². The summed E-state index contributed by atoms with van der Waals surface area (Å²) in [5, 5.41) is 12.8. The Morgan fingerprint density at radius 1 is 1.24 bits per heavy atom. The van der Waals surface area contributed by atoms with Crippen LogP contribution in [0.5, 0.6) is 5.75 Å². The first-order chi connectivity index (χ1) is 12.2. The van der Waals surface area contributed by atoms with Gasteiger partial charge in [0.15, 0.2) is 0 Å². The van der Waals surface area contributed by atoms with Crippen molar-refractivity contribution in [2.75, 3.05) is 0 Å². The number of hydrogen-bond donors (Lipinski definition) is 1. The molecule has 3 rings (SSSR count). The van der Waals surface area contributed by atoms with Crippen molar-refractivity contribution in [3.05, 3.63) is 82.1 Å². The molecule has 1 aliphatic rings. The van der Waals surface area contributed by atoms with Gasteiger partial charge in [-0.2, -0.15) is 0 Å². The van der Waals surface area contributed by atoms with Crippen molar-refractivity contribution in [3.63, 3.8) is 0 Å². The van der Waals surface area contributed by atoms with Crippen LogP contribution in [0.25, 0.3) is 10.4 Å². The molecule has 126 valence electrons. The first-order valence-corrected chi connectivity index (χ1v) is 7.28. The van der Waals surface area contributed by atoms with Crippen LogP contribution in [0.4, 0.5) is 5.69 Å². The average molecular weight is 339 g/mol. The van der Waals surface area contributed by atoms with Gasteiger partial charge in [-0.3, -0.25) is 0 Å². The fourth-order valence-corrected chi connectivity index (χ4v) is 2.32. The third-order valence-corrected chi connectivity index (χ3v) is 3.46. The molecule has 0 aromatic heterocycles. The first kappa shape index (κ1) is 16.2. The standard InChI is InChI=1S/C17H13N3O5/c18-20-19-14-9-15(25-10-11-4-2-1-3-5-11)13(8-12(14)16(21)22)17-23-6-7-24-17/h1-9,17H,10H2,(H,21,22). The van der Waals surface area contributed by atoms with Gasteiger partial charge in [0.05, 0.1) is 16.8 Å². The van der Waals surface area contributed by atoms with Crippen LogP contribution in [0.2, 0.25) is 0 Å². The maximum absolute atomic E-state index is 11.4. The lowest BCUT2D eigenvalue weighted by molar-refractivity contribution is -0.0266. The molecule has 25 heavy (non-hydrogen) atoms. The Hall–Kier alpha value is -3.64. The number of nitrogens with zero attached hydrogens (tertiary/aromatic N) is 3. The van der Waals surface area contributed by atoms with Gasteiger partial charge in [-0.1, -0.05) is 35.4 Å². The van der Waals surface area contributed by atoms with Crippen molar-refractivity contribution in [1.82, 2.24) is 0 Å². The SMILES string of the molecule is [N-]=[N+]=Nc1cc(OCc2ccccc2)c(C2OC=CO2)cc1C(=O)O. The van der Waals surface area contributed by atoms with Gasteiger partial charge in [-0.25, -0.2) is 4.79 Å². The molecule has 2 aromatic carbocycles. The van der Waals surface area contributed by atoms with Gasteiger partial charge in [-0.05, 0) is 23.2 Å². The Morgan fingerprint density at radius 2 is 1.96 bits per heavy atom. The lowest BCUT2D eigenvalue weighted by Gasteiger charge is -2.17. The molecule has 2 aromatic rings.